The first-order valence-electron chi connectivity index (χ1n) is 13.6. The van der Waals surface area contributed by atoms with Crippen LogP contribution in [0, 0.1) is 11.7 Å². The van der Waals surface area contributed by atoms with E-state index in [0.29, 0.717) is 50.8 Å². The number of aromatic nitrogens is 2. The standard InChI is InChI=1S/C27H36FN7O3/c1-3-19-16-38-12-11-35(19)25-20-14-34(26(36)17-7-9-29-10-8-17)15-23(20)31-24(33-25)18-5-6-22(21(28)13-18)32-27(37)30-4-2/h5-6,13,17,19,29H,3-4,7-12,14-16H2,1-2H3,(H2,30,32,37). The molecule has 0 aliphatic carbocycles. The van der Waals surface area contributed by atoms with Crippen molar-refractivity contribution in [3.05, 3.63) is 35.3 Å². The van der Waals surface area contributed by atoms with Crippen LogP contribution in [0.5, 0.6) is 0 Å². The normalized spacial score (nSPS) is 19.8. The van der Waals surface area contributed by atoms with Crippen molar-refractivity contribution in [3.8, 4) is 11.4 Å². The van der Waals surface area contributed by atoms with Crippen molar-refractivity contribution >= 4 is 23.4 Å². The Hall–Kier alpha value is -3.31. The summed E-state index contributed by atoms with van der Waals surface area (Å²) in [4.78, 5) is 39.2. The number of ether oxygens (including phenoxy) is 1. The van der Waals surface area contributed by atoms with E-state index < -0.39 is 11.8 Å². The highest BCUT2D eigenvalue weighted by Gasteiger charge is 2.35. The lowest BCUT2D eigenvalue weighted by molar-refractivity contribution is -0.137. The Morgan fingerprint density at radius 1 is 1.18 bits per heavy atom. The fraction of sp³-hybridized carbons (Fsp3) is 0.556. The van der Waals surface area contributed by atoms with Gasteiger partial charge in [0.05, 0.1) is 43.7 Å². The van der Waals surface area contributed by atoms with Gasteiger partial charge in [-0.2, -0.15) is 0 Å². The van der Waals surface area contributed by atoms with E-state index >= 15 is 0 Å². The summed E-state index contributed by atoms with van der Waals surface area (Å²) in [5.74, 6) is 0.815. The summed E-state index contributed by atoms with van der Waals surface area (Å²) in [7, 11) is 0. The van der Waals surface area contributed by atoms with Crippen LogP contribution in [0.15, 0.2) is 18.2 Å². The first kappa shape index (κ1) is 26.3. The maximum absolute atomic E-state index is 15.0. The average molecular weight is 526 g/mol. The van der Waals surface area contributed by atoms with Gasteiger partial charge >= 0.3 is 6.03 Å². The van der Waals surface area contributed by atoms with Gasteiger partial charge in [0.25, 0.3) is 0 Å². The molecule has 4 heterocycles. The van der Waals surface area contributed by atoms with Crippen LogP contribution in [-0.2, 0) is 22.6 Å². The Morgan fingerprint density at radius 2 is 2.00 bits per heavy atom. The molecule has 5 rings (SSSR count). The number of piperidine rings is 1. The number of anilines is 2. The van der Waals surface area contributed by atoms with Crippen LogP contribution < -0.4 is 20.9 Å². The lowest BCUT2D eigenvalue weighted by Gasteiger charge is -2.37. The second-order valence-corrected chi connectivity index (χ2v) is 10.0. The minimum atomic E-state index is -0.570. The number of nitrogens with one attached hydrogen (secondary N) is 3. The summed E-state index contributed by atoms with van der Waals surface area (Å²) in [6, 6.07) is 4.26. The highest BCUT2D eigenvalue weighted by atomic mass is 19.1. The van der Waals surface area contributed by atoms with Gasteiger partial charge in [-0.3, -0.25) is 4.79 Å². The minimum absolute atomic E-state index is 0.0206. The third-order valence-electron chi connectivity index (χ3n) is 7.54. The molecule has 204 valence electrons. The zero-order valence-electron chi connectivity index (χ0n) is 22.1. The molecule has 3 aliphatic heterocycles. The molecule has 0 saturated carbocycles. The zero-order valence-corrected chi connectivity index (χ0v) is 22.1. The Kier molecular flexibility index (Phi) is 8.04. The second kappa shape index (κ2) is 11.6. The van der Waals surface area contributed by atoms with Crippen LogP contribution in [0.4, 0.5) is 20.7 Å². The summed E-state index contributed by atoms with van der Waals surface area (Å²) >= 11 is 0. The second-order valence-electron chi connectivity index (χ2n) is 10.0. The topological polar surface area (TPSA) is 112 Å². The number of halogens is 1. The van der Waals surface area contributed by atoms with Gasteiger partial charge < -0.3 is 30.5 Å². The quantitative estimate of drug-likeness (QED) is 0.532. The van der Waals surface area contributed by atoms with Crippen molar-refractivity contribution in [2.45, 2.75) is 52.2 Å². The fourth-order valence-corrected chi connectivity index (χ4v) is 5.44. The average Bonchev–Trinajstić information content (AvgIpc) is 3.38. The van der Waals surface area contributed by atoms with Gasteiger partial charge in [-0.15, -0.1) is 0 Å². The van der Waals surface area contributed by atoms with E-state index in [1.165, 1.54) is 12.1 Å². The Bertz CT molecular complexity index is 1190. The lowest BCUT2D eigenvalue weighted by Crippen LogP contribution is -2.46. The van der Waals surface area contributed by atoms with Crippen molar-refractivity contribution < 1.29 is 18.7 Å². The first-order chi connectivity index (χ1) is 18.5. The van der Waals surface area contributed by atoms with Gasteiger partial charge in [0, 0.05) is 30.1 Å². The molecular formula is C27H36FN7O3. The molecule has 38 heavy (non-hydrogen) atoms. The summed E-state index contributed by atoms with van der Waals surface area (Å²) in [6.07, 6.45) is 2.57. The van der Waals surface area contributed by atoms with Gasteiger partial charge in [-0.25, -0.2) is 19.2 Å². The van der Waals surface area contributed by atoms with Crippen LogP contribution >= 0.6 is 0 Å². The number of carbonyl (C=O) groups excluding carboxylic acids is 2. The number of rotatable bonds is 6. The van der Waals surface area contributed by atoms with E-state index in [-0.39, 0.29) is 23.6 Å². The summed E-state index contributed by atoms with van der Waals surface area (Å²) < 4.78 is 20.7. The number of morpholine rings is 1. The maximum atomic E-state index is 15.0. The summed E-state index contributed by atoms with van der Waals surface area (Å²) in [5, 5.41) is 8.44. The molecule has 1 aromatic heterocycles. The van der Waals surface area contributed by atoms with Crippen LogP contribution in [0.25, 0.3) is 11.4 Å². The molecule has 3 N–H and O–H groups in total. The van der Waals surface area contributed by atoms with Crippen molar-refractivity contribution in [3.63, 3.8) is 0 Å². The van der Waals surface area contributed by atoms with Gasteiger partial charge in [-0.1, -0.05) is 6.92 Å². The molecule has 3 amide bonds. The molecule has 0 radical (unpaired) electrons. The SMILES string of the molecule is CCNC(=O)Nc1ccc(-c2nc3c(c(N4CCOCC4CC)n2)CN(C(=O)C2CCNCC2)C3)cc1F. The number of benzene rings is 1. The smallest absolute Gasteiger partial charge is 0.319 e. The van der Waals surface area contributed by atoms with E-state index in [0.717, 1.165) is 49.4 Å². The molecule has 1 atom stereocenters. The van der Waals surface area contributed by atoms with Crippen molar-refractivity contribution in [1.82, 2.24) is 25.5 Å². The molecule has 11 heteroatoms. The number of nitrogens with zero attached hydrogens (tertiary/aromatic N) is 4. The molecule has 0 spiro atoms. The van der Waals surface area contributed by atoms with Crippen LogP contribution in [-0.4, -0.2) is 72.2 Å². The number of amides is 3. The molecule has 1 unspecified atom stereocenters. The number of hydrogen-bond donors (Lipinski definition) is 3. The van der Waals surface area contributed by atoms with E-state index in [2.05, 4.69) is 27.8 Å². The molecule has 2 fully saturated rings. The number of fused-ring (bicyclic) bond motifs is 1. The molecule has 1 aromatic carbocycles. The number of carbonyl (C=O) groups is 2. The van der Waals surface area contributed by atoms with Crippen LogP contribution in [0.3, 0.4) is 0 Å². The largest absolute Gasteiger partial charge is 0.377 e. The van der Waals surface area contributed by atoms with Gasteiger partial charge in [0.15, 0.2) is 5.82 Å². The molecule has 2 saturated heterocycles. The van der Waals surface area contributed by atoms with E-state index in [1.807, 2.05) is 4.90 Å². The van der Waals surface area contributed by atoms with Crippen molar-refractivity contribution in [2.75, 3.05) is 49.6 Å². The van der Waals surface area contributed by atoms with Crippen molar-refractivity contribution in [1.29, 1.82) is 0 Å². The van der Waals surface area contributed by atoms with Crippen LogP contribution in [0.2, 0.25) is 0 Å². The molecule has 2 aromatic rings. The summed E-state index contributed by atoms with van der Waals surface area (Å²) in [6.45, 7) is 8.85. The maximum Gasteiger partial charge on any atom is 0.319 e. The van der Waals surface area contributed by atoms with Gasteiger partial charge in [0.2, 0.25) is 5.91 Å². The van der Waals surface area contributed by atoms with Crippen LogP contribution in [0.1, 0.15) is 44.4 Å². The predicted molar refractivity (Wildman–Crippen MR) is 142 cm³/mol. The van der Waals surface area contributed by atoms with Gasteiger partial charge in [-0.05, 0) is 57.5 Å². The molecule has 3 aliphatic rings. The molecule has 10 nitrogen and oxygen atoms in total. The first-order valence-corrected chi connectivity index (χ1v) is 13.6. The Labute approximate surface area is 222 Å². The number of urea groups is 1. The Balaban J connectivity index is 1.48. The van der Waals surface area contributed by atoms with E-state index in [4.69, 9.17) is 14.7 Å². The zero-order chi connectivity index (χ0) is 26.6. The van der Waals surface area contributed by atoms with Gasteiger partial charge in [0.1, 0.15) is 11.6 Å². The highest BCUT2D eigenvalue weighted by molar-refractivity contribution is 5.89. The summed E-state index contributed by atoms with van der Waals surface area (Å²) in [5.41, 5.74) is 2.36. The third kappa shape index (κ3) is 5.44. The lowest BCUT2D eigenvalue weighted by atomic mass is 9.97. The molecule has 0 bridgehead atoms. The predicted octanol–water partition coefficient (Wildman–Crippen LogP) is 2.88. The highest BCUT2D eigenvalue weighted by Crippen LogP contribution is 2.35. The monoisotopic (exact) mass is 525 g/mol. The third-order valence-corrected chi connectivity index (χ3v) is 7.54. The Morgan fingerprint density at radius 3 is 2.74 bits per heavy atom. The minimum Gasteiger partial charge on any atom is -0.377 e. The fourth-order valence-electron chi connectivity index (χ4n) is 5.44. The van der Waals surface area contributed by atoms with E-state index in [9.17, 15) is 14.0 Å². The number of hydrogen-bond acceptors (Lipinski definition) is 7. The molecular weight excluding hydrogens is 489 g/mol. The van der Waals surface area contributed by atoms with Crippen molar-refractivity contribution in [2.24, 2.45) is 5.92 Å². The van der Waals surface area contributed by atoms with E-state index in [1.54, 1.807) is 13.0 Å².